The Hall–Kier alpha value is -0.670. The first-order chi connectivity index (χ1) is 6.24. The third kappa shape index (κ3) is 3.28. The van der Waals surface area contributed by atoms with Gasteiger partial charge in [-0.1, -0.05) is 17.7 Å². The molecule has 2 nitrogen and oxygen atoms in total. The molecule has 0 saturated heterocycles. The van der Waals surface area contributed by atoms with Gasteiger partial charge in [-0.3, -0.25) is 4.21 Å². The number of benzene rings is 1. The molecule has 1 aromatic carbocycles. The summed E-state index contributed by atoms with van der Waals surface area (Å²) >= 11 is 0. The minimum absolute atomic E-state index is 0.680. The lowest BCUT2D eigenvalue weighted by molar-refractivity contribution is 0.680. The summed E-state index contributed by atoms with van der Waals surface area (Å²) in [6.45, 7) is 2.82. The smallest absolute Gasteiger partial charge is 0.0542 e. The van der Waals surface area contributed by atoms with Crippen molar-refractivity contribution in [3.8, 4) is 0 Å². The highest BCUT2D eigenvalue weighted by atomic mass is 32.2. The Kier molecular flexibility index (Phi) is 4.12. The minimum atomic E-state index is -0.854. The van der Waals surface area contributed by atoms with Crippen LogP contribution in [0.3, 0.4) is 0 Å². The molecule has 13 heavy (non-hydrogen) atoms. The van der Waals surface area contributed by atoms with Gasteiger partial charge in [0.1, 0.15) is 0 Å². The molecule has 1 unspecified atom stereocenters. The van der Waals surface area contributed by atoms with Crippen LogP contribution in [0.1, 0.15) is 5.56 Å². The number of hydrogen-bond acceptors (Lipinski definition) is 2. The summed E-state index contributed by atoms with van der Waals surface area (Å²) in [7, 11) is 1.01. The van der Waals surface area contributed by atoms with Crippen LogP contribution >= 0.6 is 0 Å². The Bertz CT molecular complexity index is 281. The van der Waals surface area contributed by atoms with Crippen molar-refractivity contribution in [2.75, 3.05) is 19.3 Å². The van der Waals surface area contributed by atoms with Crippen LogP contribution in [0.5, 0.6) is 0 Å². The summed E-state index contributed by atoms with van der Waals surface area (Å²) in [5, 5.41) is 2.99. The number of hydrogen-bond donors (Lipinski definition) is 1. The highest BCUT2D eigenvalue weighted by molar-refractivity contribution is 7.85. The van der Waals surface area contributed by atoms with Crippen LogP contribution in [-0.4, -0.2) is 23.6 Å². The number of rotatable bonds is 4. The van der Waals surface area contributed by atoms with E-state index in [9.17, 15) is 4.21 Å². The Morgan fingerprint density at radius 3 is 2.46 bits per heavy atom. The normalized spacial score (nSPS) is 12.8. The van der Waals surface area contributed by atoms with Crippen LogP contribution < -0.4 is 5.32 Å². The second-order valence-electron chi connectivity index (χ2n) is 2.97. The highest BCUT2D eigenvalue weighted by Crippen LogP contribution is 2.07. The van der Waals surface area contributed by atoms with Crippen LogP contribution in [0.15, 0.2) is 29.2 Å². The van der Waals surface area contributed by atoms with E-state index in [-0.39, 0.29) is 0 Å². The summed E-state index contributed by atoms with van der Waals surface area (Å²) in [4.78, 5) is 0.917. The summed E-state index contributed by atoms with van der Waals surface area (Å²) in [5.41, 5.74) is 1.20. The summed E-state index contributed by atoms with van der Waals surface area (Å²) in [5.74, 6) is 0.680. The van der Waals surface area contributed by atoms with Crippen molar-refractivity contribution < 1.29 is 4.21 Å². The fraction of sp³-hybridized carbons (Fsp3) is 0.400. The molecule has 1 N–H and O–H groups in total. The molecule has 0 spiro atoms. The number of aryl methyl sites for hydroxylation is 1. The third-order valence-electron chi connectivity index (χ3n) is 1.82. The van der Waals surface area contributed by atoms with Crippen molar-refractivity contribution >= 4 is 10.8 Å². The maximum Gasteiger partial charge on any atom is 0.0542 e. The molecule has 0 heterocycles. The molecule has 0 fully saturated rings. The molecule has 0 radical (unpaired) electrons. The molecule has 72 valence electrons. The van der Waals surface area contributed by atoms with E-state index in [4.69, 9.17) is 0 Å². The lowest BCUT2D eigenvalue weighted by atomic mass is 10.2. The third-order valence-corrected chi connectivity index (χ3v) is 3.19. The number of nitrogens with one attached hydrogen (secondary N) is 1. The summed E-state index contributed by atoms with van der Waals surface area (Å²) in [6, 6.07) is 7.85. The molecule has 1 atom stereocenters. The first-order valence-electron chi connectivity index (χ1n) is 4.33. The molecule has 0 bridgehead atoms. The van der Waals surface area contributed by atoms with Gasteiger partial charge in [0, 0.05) is 17.2 Å². The first-order valence-corrected chi connectivity index (χ1v) is 5.65. The van der Waals surface area contributed by atoms with Crippen LogP contribution in [0.4, 0.5) is 0 Å². The van der Waals surface area contributed by atoms with E-state index in [1.807, 2.05) is 38.2 Å². The largest absolute Gasteiger partial charge is 0.319 e. The van der Waals surface area contributed by atoms with Crippen molar-refractivity contribution in [2.45, 2.75) is 11.8 Å². The van der Waals surface area contributed by atoms with Gasteiger partial charge in [0.2, 0.25) is 0 Å². The van der Waals surface area contributed by atoms with Gasteiger partial charge in [-0.25, -0.2) is 0 Å². The average molecular weight is 197 g/mol. The molecule has 1 rings (SSSR count). The van der Waals surface area contributed by atoms with E-state index in [2.05, 4.69) is 5.32 Å². The van der Waals surface area contributed by atoms with Gasteiger partial charge in [-0.2, -0.15) is 0 Å². The van der Waals surface area contributed by atoms with Gasteiger partial charge in [-0.15, -0.1) is 0 Å². The second-order valence-corrected chi connectivity index (χ2v) is 4.54. The van der Waals surface area contributed by atoms with E-state index in [0.29, 0.717) is 5.75 Å². The molecule has 1 aromatic rings. The molecular weight excluding hydrogens is 182 g/mol. The van der Waals surface area contributed by atoms with Crippen molar-refractivity contribution in [3.05, 3.63) is 29.8 Å². The lowest BCUT2D eigenvalue weighted by Crippen LogP contribution is -2.15. The standard InChI is InChI=1S/C10H15NOS/c1-9-3-5-10(6-4-9)13(12)8-7-11-2/h3-6,11H,7-8H2,1-2H3. The molecule has 0 aromatic heterocycles. The van der Waals surface area contributed by atoms with Crippen LogP contribution in [0.25, 0.3) is 0 Å². The van der Waals surface area contributed by atoms with Crippen molar-refractivity contribution in [3.63, 3.8) is 0 Å². The molecule has 0 amide bonds. The van der Waals surface area contributed by atoms with E-state index >= 15 is 0 Å². The van der Waals surface area contributed by atoms with Crippen molar-refractivity contribution in [1.29, 1.82) is 0 Å². The summed E-state index contributed by atoms with van der Waals surface area (Å²) < 4.78 is 11.6. The second kappa shape index (κ2) is 5.14. The predicted octanol–water partition coefficient (Wildman–Crippen LogP) is 1.32. The lowest BCUT2D eigenvalue weighted by Gasteiger charge is -2.01. The zero-order valence-electron chi connectivity index (χ0n) is 8.04. The zero-order chi connectivity index (χ0) is 9.68. The van der Waals surface area contributed by atoms with Gasteiger partial charge in [0.05, 0.1) is 10.8 Å². The zero-order valence-corrected chi connectivity index (χ0v) is 8.86. The fourth-order valence-electron chi connectivity index (χ4n) is 1.00. The summed E-state index contributed by atoms with van der Waals surface area (Å²) in [6.07, 6.45) is 0. The average Bonchev–Trinajstić information content (AvgIpc) is 2.15. The molecule has 0 aliphatic rings. The van der Waals surface area contributed by atoms with Gasteiger partial charge >= 0.3 is 0 Å². The monoisotopic (exact) mass is 197 g/mol. The molecule has 0 aliphatic carbocycles. The molecule has 0 saturated carbocycles. The van der Waals surface area contributed by atoms with Gasteiger partial charge in [-0.05, 0) is 26.1 Å². The van der Waals surface area contributed by atoms with Gasteiger partial charge in [0.25, 0.3) is 0 Å². The van der Waals surface area contributed by atoms with Crippen molar-refractivity contribution in [2.24, 2.45) is 0 Å². The maximum atomic E-state index is 11.6. The van der Waals surface area contributed by atoms with E-state index in [1.165, 1.54) is 5.56 Å². The molecule has 0 aliphatic heterocycles. The predicted molar refractivity (Wildman–Crippen MR) is 56.4 cm³/mol. The first kappa shape index (κ1) is 10.4. The van der Waals surface area contributed by atoms with E-state index < -0.39 is 10.8 Å². The Morgan fingerprint density at radius 2 is 1.92 bits per heavy atom. The fourth-order valence-corrected chi connectivity index (χ4v) is 2.07. The Balaban J connectivity index is 2.61. The van der Waals surface area contributed by atoms with Gasteiger partial charge < -0.3 is 5.32 Å². The van der Waals surface area contributed by atoms with Crippen LogP contribution in [-0.2, 0) is 10.8 Å². The quantitative estimate of drug-likeness (QED) is 0.789. The minimum Gasteiger partial charge on any atom is -0.319 e. The van der Waals surface area contributed by atoms with E-state index in [1.54, 1.807) is 0 Å². The van der Waals surface area contributed by atoms with Crippen LogP contribution in [0, 0.1) is 6.92 Å². The maximum absolute atomic E-state index is 11.6. The Labute approximate surface area is 81.8 Å². The SMILES string of the molecule is CNCCS(=O)c1ccc(C)cc1. The highest BCUT2D eigenvalue weighted by Gasteiger charge is 2.01. The van der Waals surface area contributed by atoms with Gasteiger partial charge in [0.15, 0.2) is 0 Å². The molecule has 3 heteroatoms. The Morgan fingerprint density at radius 1 is 1.31 bits per heavy atom. The van der Waals surface area contributed by atoms with Crippen LogP contribution in [0.2, 0.25) is 0 Å². The van der Waals surface area contributed by atoms with Crippen molar-refractivity contribution in [1.82, 2.24) is 5.32 Å². The topological polar surface area (TPSA) is 29.1 Å². The molecular formula is C10H15NOS. The van der Waals surface area contributed by atoms with E-state index in [0.717, 1.165) is 11.4 Å².